The molecule has 0 unspecified atom stereocenters. The van der Waals surface area contributed by atoms with E-state index < -0.39 is 0 Å². The maximum Gasteiger partial charge on any atom is 0.223 e. The van der Waals surface area contributed by atoms with Crippen LogP contribution in [0.3, 0.4) is 0 Å². The molecule has 88 valence electrons. The highest BCUT2D eigenvalue weighted by atomic mass is 32.1. The van der Waals surface area contributed by atoms with Gasteiger partial charge in [-0.1, -0.05) is 12.2 Å². The number of hydrogen-bond donors (Lipinski definition) is 2. The molecule has 0 saturated carbocycles. The van der Waals surface area contributed by atoms with Crippen LogP contribution >= 0.6 is 12.2 Å². The molecule has 1 heterocycles. The number of nitrogens with one attached hydrogen (secondary N) is 1. The van der Waals surface area contributed by atoms with E-state index in [1.807, 2.05) is 14.1 Å². The van der Waals surface area contributed by atoms with Crippen molar-refractivity contribution in [2.24, 2.45) is 5.73 Å². The fraction of sp³-hybridized carbons (Fsp3) is 0.500. The molecule has 0 aromatic carbocycles. The predicted octanol–water partition coefficient (Wildman–Crippen LogP) is 0.474. The van der Waals surface area contributed by atoms with E-state index in [1.54, 1.807) is 12.3 Å². The highest BCUT2D eigenvalue weighted by molar-refractivity contribution is 7.80. The third-order valence-electron chi connectivity index (χ3n) is 1.97. The number of anilines is 1. The summed E-state index contributed by atoms with van der Waals surface area (Å²) >= 11 is 4.84. The van der Waals surface area contributed by atoms with Crippen molar-refractivity contribution in [3.63, 3.8) is 0 Å². The number of thiocarbonyl (C=S) groups is 1. The zero-order valence-electron chi connectivity index (χ0n) is 9.60. The quantitative estimate of drug-likeness (QED) is 0.556. The second-order valence-electron chi connectivity index (χ2n) is 3.71. The largest absolute Gasteiger partial charge is 0.388 e. The van der Waals surface area contributed by atoms with Gasteiger partial charge in [0.25, 0.3) is 0 Å². The van der Waals surface area contributed by atoms with Crippen LogP contribution in [0.2, 0.25) is 0 Å². The van der Waals surface area contributed by atoms with Gasteiger partial charge in [0.2, 0.25) is 5.95 Å². The predicted molar refractivity (Wildman–Crippen MR) is 69.6 cm³/mol. The average Bonchev–Trinajstić information content (AvgIpc) is 2.24. The van der Waals surface area contributed by atoms with Crippen LogP contribution in [0.15, 0.2) is 12.3 Å². The van der Waals surface area contributed by atoms with Crippen LogP contribution in [0.4, 0.5) is 5.95 Å². The first-order chi connectivity index (χ1) is 7.59. The van der Waals surface area contributed by atoms with E-state index in [2.05, 4.69) is 20.2 Å². The van der Waals surface area contributed by atoms with Crippen LogP contribution in [-0.4, -0.2) is 47.0 Å². The molecular formula is C10H17N5S. The summed E-state index contributed by atoms with van der Waals surface area (Å²) in [5, 5.41) is 3.13. The molecule has 1 aromatic heterocycles. The van der Waals surface area contributed by atoms with Gasteiger partial charge in [-0.25, -0.2) is 9.97 Å². The Bertz CT molecular complexity index is 353. The smallest absolute Gasteiger partial charge is 0.223 e. The van der Waals surface area contributed by atoms with E-state index >= 15 is 0 Å². The summed E-state index contributed by atoms with van der Waals surface area (Å²) in [6.07, 6.45) is 2.68. The maximum absolute atomic E-state index is 5.48. The van der Waals surface area contributed by atoms with Crippen molar-refractivity contribution in [3.05, 3.63) is 18.0 Å². The van der Waals surface area contributed by atoms with Crippen molar-refractivity contribution in [2.45, 2.75) is 6.42 Å². The second kappa shape index (κ2) is 6.34. The van der Waals surface area contributed by atoms with Crippen LogP contribution in [0.5, 0.6) is 0 Å². The van der Waals surface area contributed by atoms with Crippen molar-refractivity contribution in [3.8, 4) is 0 Å². The monoisotopic (exact) mass is 239 g/mol. The zero-order valence-corrected chi connectivity index (χ0v) is 10.4. The molecule has 0 amide bonds. The summed E-state index contributed by atoms with van der Waals surface area (Å²) in [4.78, 5) is 10.7. The highest BCUT2D eigenvalue weighted by Gasteiger charge is 2.00. The standard InChI is InChI=1S/C10H17N5S/c1-15(2)7-3-5-12-10-13-6-4-8(14-10)9(11)16/h4,6H,3,5,7H2,1-2H3,(H2,11,16)(H,12,13,14). The molecule has 0 fully saturated rings. The normalized spacial score (nSPS) is 10.4. The van der Waals surface area contributed by atoms with Gasteiger partial charge in [0, 0.05) is 12.7 Å². The van der Waals surface area contributed by atoms with Crippen LogP contribution < -0.4 is 11.1 Å². The van der Waals surface area contributed by atoms with Gasteiger partial charge in [0.05, 0.1) is 0 Å². The molecule has 6 heteroatoms. The Kier molecular flexibility index (Phi) is 5.07. The molecule has 0 radical (unpaired) electrons. The molecule has 5 nitrogen and oxygen atoms in total. The van der Waals surface area contributed by atoms with Crippen molar-refractivity contribution in [1.82, 2.24) is 14.9 Å². The molecule has 16 heavy (non-hydrogen) atoms. The van der Waals surface area contributed by atoms with Crippen LogP contribution in [0, 0.1) is 0 Å². The molecule has 3 N–H and O–H groups in total. The third kappa shape index (κ3) is 4.50. The highest BCUT2D eigenvalue weighted by Crippen LogP contribution is 2.00. The fourth-order valence-electron chi connectivity index (χ4n) is 1.18. The van der Waals surface area contributed by atoms with E-state index in [0.29, 0.717) is 16.6 Å². The van der Waals surface area contributed by atoms with Crippen LogP contribution in [0.25, 0.3) is 0 Å². The summed E-state index contributed by atoms with van der Waals surface area (Å²) in [7, 11) is 4.09. The molecule has 1 rings (SSSR count). The van der Waals surface area contributed by atoms with Gasteiger partial charge in [-0.3, -0.25) is 0 Å². The molecule has 0 aliphatic rings. The Hall–Kier alpha value is -1.27. The lowest BCUT2D eigenvalue weighted by Gasteiger charge is -2.09. The molecule has 0 bridgehead atoms. The topological polar surface area (TPSA) is 67.1 Å². The number of nitrogens with two attached hydrogens (primary N) is 1. The summed E-state index contributed by atoms with van der Waals surface area (Å²) in [5.74, 6) is 0.573. The lowest BCUT2D eigenvalue weighted by molar-refractivity contribution is 0.405. The van der Waals surface area contributed by atoms with Crippen LogP contribution in [-0.2, 0) is 0 Å². The molecule has 0 aliphatic heterocycles. The summed E-state index contributed by atoms with van der Waals surface area (Å²) in [6, 6.07) is 1.70. The first-order valence-electron chi connectivity index (χ1n) is 5.11. The first kappa shape index (κ1) is 12.8. The lowest BCUT2D eigenvalue weighted by Crippen LogP contribution is -2.18. The third-order valence-corrected chi connectivity index (χ3v) is 2.18. The summed E-state index contributed by atoms with van der Waals surface area (Å²) in [5.41, 5.74) is 6.08. The Morgan fingerprint density at radius 1 is 1.56 bits per heavy atom. The van der Waals surface area contributed by atoms with Crippen molar-refractivity contribution < 1.29 is 0 Å². The summed E-state index contributed by atoms with van der Waals surface area (Å²) in [6.45, 7) is 1.86. The van der Waals surface area contributed by atoms with E-state index in [9.17, 15) is 0 Å². The number of rotatable bonds is 6. The first-order valence-corrected chi connectivity index (χ1v) is 5.52. The van der Waals surface area contributed by atoms with Crippen LogP contribution in [0.1, 0.15) is 12.1 Å². The minimum Gasteiger partial charge on any atom is -0.388 e. The Balaban J connectivity index is 2.42. The van der Waals surface area contributed by atoms with Gasteiger partial charge < -0.3 is 16.0 Å². The van der Waals surface area contributed by atoms with Gasteiger partial charge in [-0.05, 0) is 33.1 Å². The summed E-state index contributed by atoms with van der Waals surface area (Å²) < 4.78 is 0. The second-order valence-corrected chi connectivity index (χ2v) is 4.15. The van der Waals surface area contributed by atoms with E-state index in [1.165, 1.54) is 0 Å². The lowest BCUT2D eigenvalue weighted by atomic mass is 10.4. The van der Waals surface area contributed by atoms with E-state index in [0.717, 1.165) is 19.5 Å². The Morgan fingerprint density at radius 3 is 2.94 bits per heavy atom. The zero-order chi connectivity index (χ0) is 12.0. The average molecular weight is 239 g/mol. The van der Waals surface area contributed by atoms with Crippen molar-refractivity contribution >= 4 is 23.2 Å². The number of hydrogen-bond acceptors (Lipinski definition) is 5. The number of aromatic nitrogens is 2. The van der Waals surface area contributed by atoms with Crippen molar-refractivity contribution in [2.75, 3.05) is 32.5 Å². The van der Waals surface area contributed by atoms with Crippen molar-refractivity contribution in [1.29, 1.82) is 0 Å². The molecule has 1 aromatic rings. The molecule has 0 atom stereocenters. The van der Waals surface area contributed by atoms with Gasteiger partial charge in [-0.2, -0.15) is 0 Å². The van der Waals surface area contributed by atoms with Gasteiger partial charge >= 0.3 is 0 Å². The molecule has 0 saturated heterocycles. The van der Waals surface area contributed by atoms with Gasteiger partial charge in [0.15, 0.2) is 0 Å². The molecule has 0 spiro atoms. The van der Waals surface area contributed by atoms with E-state index in [4.69, 9.17) is 18.0 Å². The Morgan fingerprint density at radius 2 is 2.31 bits per heavy atom. The van der Waals surface area contributed by atoms with Gasteiger partial charge in [0.1, 0.15) is 10.7 Å². The molecule has 0 aliphatic carbocycles. The SMILES string of the molecule is CN(C)CCCNc1nccc(C(N)=S)n1. The molecular weight excluding hydrogens is 222 g/mol. The van der Waals surface area contributed by atoms with E-state index in [-0.39, 0.29) is 0 Å². The van der Waals surface area contributed by atoms with Gasteiger partial charge in [-0.15, -0.1) is 0 Å². The Labute approximate surface area is 101 Å². The minimum atomic E-state index is 0.291. The number of nitrogens with zero attached hydrogens (tertiary/aromatic N) is 3. The minimum absolute atomic E-state index is 0.291. The maximum atomic E-state index is 5.48. The fourth-order valence-corrected chi connectivity index (χ4v) is 1.29.